The van der Waals surface area contributed by atoms with Crippen molar-refractivity contribution < 1.29 is 23.2 Å². The molecule has 0 unspecified atom stereocenters. The van der Waals surface area contributed by atoms with Gasteiger partial charge in [0.15, 0.2) is 15.7 Å². The number of hydroxylamine groups is 1. The molecule has 0 radical (unpaired) electrons. The first-order valence-electron chi connectivity index (χ1n) is 12.3. The van der Waals surface area contributed by atoms with E-state index < -0.39 is 21.0 Å². The molecule has 2 amide bonds. The van der Waals surface area contributed by atoms with E-state index in [-0.39, 0.29) is 34.0 Å². The van der Waals surface area contributed by atoms with Crippen molar-refractivity contribution in [3.8, 4) is 0 Å². The highest BCUT2D eigenvalue weighted by molar-refractivity contribution is 7.92. The third kappa shape index (κ3) is 8.63. The number of para-hydroxylation sites is 1. The quantitative estimate of drug-likeness (QED) is 0.105. The predicted molar refractivity (Wildman–Crippen MR) is 150 cm³/mol. The van der Waals surface area contributed by atoms with Crippen LogP contribution < -0.4 is 21.4 Å². The first-order valence-corrected chi connectivity index (χ1v) is 14.2. The van der Waals surface area contributed by atoms with Crippen LogP contribution in [0.5, 0.6) is 0 Å². The number of rotatable bonds is 13. The standard InChI is InChI=1S/C26H31ClN6O5S/c1-17(2)39(37,38)22-9-7-6-8-21(22)31-25-20(27)16-28-26(32-25)30-19-14-12-18(13-15-19)29-23(34)10-4-3-5-11-24(35)33-36/h6-9,12-17,36H,3-5,10-11H2,1-2H3,(H,29,34)(H,33,35)(H2,28,30,31,32). The molecule has 0 aliphatic heterocycles. The van der Waals surface area contributed by atoms with Gasteiger partial charge in [-0.25, -0.2) is 18.9 Å². The number of nitrogens with one attached hydrogen (secondary N) is 4. The van der Waals surface area contributed by atoms with Gasteiger partial charge in [-0.3, -0.25) is 14.8 Å². The minimum Gasteiger partial charge on any atom is -0.338 e. The number of anilines is 5. The van der Waals surface area contributed by atoms with E-state index in [4.69, 9.17) is 16.8 Å². The Morgan fingerprint density at radius 3 is 2.23 bits per heavy atom. The molecule has 208 valence electrons. The largest absolute Gasteiger partial charge is 0.338 e. The summed E-state index contributed by atoms with van der Waals surface area (Å²) in [4.78, 5) is 31.9. The van der Waals surface area contributed by atoms with Crippen molar-refractivity contribution in [2.75, 3.05) is 16.0 Å². The molecular formula is C26H31ClN6O5S. The van der Waals surface area contributed by atoms with Gasteiger partial charge in [0.1, 0.15) is 5.02 Å². The number of halogens is 1. The molecule has 11 nitrogen and oxygen atoms in total. The Kier molecular flexibility index (Phi) is 10.6. The number of unbranched alkanes of at least 4 members (excludes halogenated alkanes) is 2. The predicted octanol–water partition coefficient (Wildman–Crippen LogP) is 5.19. The van der Waals surface area contributed by atoms with Crippen LogP contribution in [0.15, 0.2) is 59.6 Å². The number of nitrogens with zero attached hydrogens (tertiary/aromatic N) is 2. The number of sulfone groups is 1. The van der Waals surface area contributed by atoms with E-state index in [2.05, 4.69) is 25.9 Å². The number of amides is 2. The minimum absolute atomic E-state index is 0.140. The summed E-state index contributed by atoms with van der Waals surface area (Å²) < 4.78 is 25.6. The molecule has 3 aromatic rings. The van der Waals surface area contributed by atoms with Crippen LogP contribution in [0.25, 0.3) is 0 Å². The lowest BCUT2D eigenvalue weighted by molar-refractivity contribution is -0.129. The second-order valence-electron chi connectivity index (χ2n) is 8.95. The van der Waals surface area contributed by atoms with Gasteiger partial charge in [-0.2, -0.15) is 4.98 Å². The van der Waals surface area contributed by atoms with Crippen molar-refractivity contribution in [3.63, 3.8) is 0 Å². The maximum Gasteiger partial charge on any atom is 0.243 e. The van der Waals surface area contributed by atoms with Gasteiger partial charge < -0.3 is 16.0 Å². The van der Waals surface area contributed by atoms with E-state index in [1.165, 1.54) is 12.3 Å². The SMILES string of the molecule is CC(C)S(=O)(=O)c1ccccc1Nc1nc(Nc2ccc(NC(=O)CCCCCC(=O)NO)cc2)ncc1Cl. The highest BCUT2D eigenvalue weighted by atomic mass is 35.5. The topological polar surface area (TPSA) is 162 Å². The highest BCUT2D eigenvalue weighted by Crippen LogP contribution is 2.30. The molecule has 3 rings (SSSR count). The fraction of sp³-hybridized carbons (Fsp3) is 0.308. The lowest BCUT2D eigenvalue weighted by atomic mass is 10.1. The molecule has 0 fully saturated rings. The van der Waals surface area contributed by atoms with Gasteiger partial charge in [0.05, 0.1) is 22.0 Å². The van der Waals surface area contributed by atoms with Crippen molar-refractivity contribution in [1.82, 2.24) is 15.4 Å². The monoisotopic (exact) mass is 574 g/mol. The van der Waals surface area contributed by atoms with Crippen LogP contribution in [0.1, 0.15) is 46.0 Å². The summed E-state index contributed by atoms with van der Waals surface area (Å²) in [7, 11) is -3.54. The van der Waals surface area contributed by atoms with Gasteiger partial charge in [0.25, 0.3) is 0 Å². The van der Waals surface area contributed by atoms with E-state index in [0.29, 0.717) is 42.7 Å². The van der Waals surface area contributed by atoms with E-state index in [0.717, 1.165) is 0 Å². The molecule has 0 saturated heterocycles. The first-order chi connectivity index (χ1) is 18.6. The Bertz CT molecular complexity index is 1400. The Hall–Kier alpha value is -3.74. The zero-order valence-electron chi connectivity index (χ0n) is 21.6. The van der Waals surface area contributed by atoms with Crippen molar-refractivity contribution in [3.05, 3.63) is 59.8 Å². The average molecular weight is 575 g/mol. The lowest BCUT2D eigenvalue weighted by Gasteiger charge is -2.15. The number of carbonyl (C=O) groups is 2. The van der Waals surface area contributed by atoms with Crippen LogP contribution in [0.3, 0.4) is 0 Å². The van der Waals surface area contributed by atoms with E-state index in [1.807, 2.05) is 0 Å². The average Bonchev–Trinajstić information content (AvgIpc) is 2.91. The Morgan fingerprint density at radius 1 is 0.923 bits per heavy atom. The van der Waals surface area contributed by atoms with Crippen molar-refractivity contribution in [2.45, 2.75) is 56.1 Å². The maximum absolute atomic E-state index is 12.8. The van der Waals surface area contributed by atoms with Crippen LogP contribution in [0, 0.1) is 0 Å². The molecule has 0 spiro atoms. The molecule has 0 saturated carbocycles. The summed E-state index contributed by atoms with van der Waals surface area (Å²) in [5.41, 5.74) is 3.21. The van der Waals surface area contributed by atoms with Crippen LogP contribution in [0.2, 0.25) is 5.02 Å². The molecule has 0 aliphatic carbocycles. The van der Waals surface area contributed by atoms with Gasteiger partial charge in [-0.1, -0.05) is 30.2 Å². The number of aromatic nitrogens is 2. The molecule has 0 aliphatic rings. The summed E-state index contributed by atoms with van der Waals surface area (Å²) in [6, 6.07) is 13.5. The molecule has 1 heterocycles. The van der Waals surface area contributed by atoms with Crippen LogP contribution in [-0.2, 0) is 19.4 Å². The molecular weight excluding hydrogens is 544 g/mol. The van der Waals surface area contributed by atoms with Gasteiger partial charge in [-0.15, -0.1) is 0 Å². The normalized spacial score (nSPS) is 11.2. The Balaban J connectivity index is 1.60. The second-order valence-corrected chi connectivity index (χ2v) is 11.8. The van der Waals surface area contributed by atoms with Crippen LogP contribution in [-0.4, -0.2) is 40.7 Å². The van der Waals surface area contributed by atoms with Crippen molar-refractivity contribution in [2.24, 2.45) is 0 Å². The summed E-state index contributed by atoms with van der Waals surface area (Å²) >= 11 is 6.29. The lowest BCUT2D eigenvalue weighted by Crippen LogP contribution is -2.17. The Morgan fingerprint density at radius 2 is 1.56 bits per heavy atom. The summed E-state index contributed by atoms with van der Waals surface area (Å²) in [6.45, 7) is 3.24. The summed E-state index contributed by atoms with van der Waals surface area (Å²) in [6.07, 6.45) is 3.85. The first kappa shape index (κ1) is 29.8. The second kappa shape index (κ2) is 13.9. The van der Waals surface area contributed by atoms with Gasteiger partial charge in [-0.05, 0) is 63.1 Å². The van der Waals surface area contributed by atoms with Gasteiger partial charge >= 0.3 is 0 Å². The molecule has 1 aromatic heterocycles. The van der Waals surface area contributed by atoms with E-state index in [9.17, 15) is 18.0 Å². The Labute approximate surface area is 232 Å². The van der Waals surface area contributed by atoms with Crippen LogP contribution in [0.4, 0.5) is 28.8 Å². The molecule has 5 N–H and O–H groups in total. The fourth-order valence-electron chi connectivity index (χ4n) is 3.51. The molecule has 39 heavy (non-hydrogen) atoms. The van der Waals surface area contributed by atoms with Crippen LogP contribution >= 0.6 is 11.6 Å². The number of carbonyl (C=O) groups excluding carboxylic acids is 2. The highest BCUT2D eigenvalue weighted by Gasteiger charge is 2.23. The number of hydrogen-bond acceptors (Lipinski definition) is 9. The van der Waals surface area contributed by atoms with Gasteiger partial charge in [0.2, 0.25) is 17.8 Å². The number of hydrogen-bond donors (Lipinski definition) is 5. The zero-order valence-corrected chi connectivity index (χ0v) is 23.1. The summed E-state index contributed by atoms with van der Waals surface area (Å²) in [5.74, 6) is -0.106. The third-order valence-corrected chi connectivity index (χ3v) is 8.16. The molecule has 0 atom stereocenters. The summed E-state index contributed by atoms with van der Waals surface area (Å²) in [5, 5.41) is 17.0. The van der Waals surface area contributed by atoms with E-state index in [1.54, 1.807) is 61.8 Å². The smallest absolute Gasteiger partial charge is 0.243 e. The maximum atomic E-state index is 12.8. The van der Waals surface area contributed by atoms with Crippen molar-refractivity contribution in [1.29, 1.82) is 0 Å². The number of benzene rings is 2. The minimum atomic E-state index is -3.54. The van der Waals surface area contributed by atoms with Crippen molar-refractivity contribution >= 4 is 62.1 Å². The molecule has 13 heteroatoms. The zero-order chi connectivity index (χ0) is 28.4. The molecule has 0 bridgehead atoms. The van der Waals surface area contributed by atoms with E-state index >= 15 is 0 Å². The van der Waals surface area contributed by atoms with Gasteiger partial charge in [0, 0.05) is 24.2 Å². The molecule has 2 aromatic carbocycles. The fourth-order valence-corrected chi connectivity index (χ4v) is 4.85. The third-order valence-electron chi connectivity index (χ3n) is 5.67.